The van der Waals surface area contributed by atoms with Gasteiger partial charge in [0.05, 0.1) is 6.42 Å². The van der Waals surface area contributed by atoms with E-state index in [-0.39, 0.29) is 12.3 Å². The van der Waals surface area contributed by atoms with Gasteiger partial charge in [-0.25, -0.2) is 0 Å². The Bertz CT molecular complexity index is 593. The summed E-state index contributed by atoms with van der Waals surface area (Å²) in [5, 5.41) is 9.13. The number of nitrogens with zero attached hydrogens (tertiary/aromatic N) is 1. The van der Waals surface area contributed by atoms with Crippen LogP contribution in [0.1, 0.15) is 34.6 Å². The van der Waals surface area contributed by atoms with Gasteiger partial charge >= 0.3 is 5.97 Å². The third kappa shape index (κ3) is 3.67. The first-order valence-electron chi connectivity index (χ1n) is 6.74. The van der Waals surface area contributed by atoms with Crippen molar-refractivity contribution in [1.82, 2.24) is 4.98 Å². The second kappa shape index (κ2) is 6.33. The molecule has 0 spiro atoms. The standard InChI is InChI=1S/C17H19NO2/c1-12-3-4-13(2)15(9-12)10-16(11-17(19)20)14-5-7-18-8-6-14/h3-9,16H,10-11H2,1-2H3,(H,19,20). The Hall–Kier alpha value is -2.16. The summed E-state index contributed by atoms with van der Waals surface area (Å²) in [6, 6.07) is 10.1. The van der Waals surface area contributed by atoms with E-state index >= 15 is 0 Å². The van der Waals surface area contributed by atoms with Gasteiger partial charge in [0.1, 0.15) is 0 Å². The first kappa shape index (κ1) is 14.3. The van der Waals surface area contributed by atoms with E-state index in [2.05, 4.69) is 37.0 Å². The number of hydrogen-bond donors (Lipinski definition) is 1. The highest BCUT2D eigenvalue weighted by molar-refractivity contribution is 5.68. The first-order valence-corrected chi connectivity index (χ1v) is 6.74. The molecule has 1 unspecified atom stereocenters. The molecule has 2 aromatic rings. The number of aryl methyl sites for hydroxylation is 2. The highest BCUT2D eigenvalue weighted by Gasteiger charge is 2.17. The van der Waals surface area contributed by atoms with E-state index in [1.165, 1.54) is 16.7 Å². The molecule has 0 fully saturated rings. The zero-order valence-corrected chi connectivity index (χ0v) is 11.8. The third-order valence-corrected chi connectivity index (χ3v) is 3.57. The third-order valence-electron chi connectivity index (χ3n) is 3.57. The SMILES string of the molecule is Cc1ccc(C)c(CC(CC(=O)O)c2ccncc2)c1. The number of rotatable bonds is 5. The van der Waals surface area contributed by atoms with Crippen molar-refractivity contribution in [2.75, 3.05) is 0 Å². The van der Waals surface area contributed by atoms with Crippen molar-refractivity contribution in [3.8, 4) is 0 Å². The molecule has 0 amide bonds. The minimum Gasteiger partial charge on any atom is -0.481 e. The van der Waals surface area contributed by atoms with Crippen LogP contribution >= 0.6 is 0 Å². The minimum atomic E-state index is -0.767. The van der Waals surface area contributed by atoms with Gasteiger partial charge in [0, 0.05) is 12.4 Å². The lowest BCUT2D eigenvalue weighted by Crippen LogP contribution is -2.10. The van der Waals surface area contributed by atoms with Gasteiger partial charge in [0.15, 0.2) is 0 Å². The second-order valence-corrected chi connectivity index (χ2v) is 5.21. The topological polar surface area (TPSA) is 50.2 Å². The number of hydrogen-bond acceptors (Lipinski definition) is 2. The Morgan fingerprint density at radius 3 is 2.55 bits per heavy atom. The maximum absolute atomic E-state index is 11.1. The maximum Gasteiger partial charge on any atom is 0.303 e. The fraction of sp³-hybridized carbons (Fsp3) is 0.294. The Balaban J connectivity index is 2.28. The van der Waals surface area contributed by atoms with Gasteiger partial charge in [-0.3, -0.25) is 9.78 Å². The van der Waals surface area contributed by atoms with Crippen molar-refractivity contribution in [2.24, 2.45) is 0 Å². The molecule has 0 saturated heterocycles. The normalized spacial score (nSPS) is 12.1. The van der Waals surface area contributed by atoms with Crippen molar-refractivity contribution in [2.45, 2.75) is 32.6 Å². The number of carbonyl (C=O) groups is 1. The Morgan fingerprint density at radius 1 is 1.20 bits per heavy atom. The zero-order chi connectivity index (χ0) is 14.5. The predicted octanol–water partition coefficient (Wildman–Crippen LogP) is 3.50. The van der Waals surface area contributed by atoms with E-state index in [1.807, 2.05) is 12.1 Å². The molecule has 1 heterocycles. The van der Waals surface area contributed by atoms with Gasteiger partial charge in [-0.1, -0.05) is 23.8 Å². The molecule has 1 aromatic carbocycles. The average molecular weight is 269 g/mol. The van der Waals surface area contributed by atoms with Crippen LogP contribution in [0.15, 0.2) is 42.7 Å². The minimum absolute atomic E-state index is 0.0176. The molecule has 2 rings (SSSR count). The lowest BCUT2D eigenvalue weighted by Gasteiger charge is -2.17. The number of aliphatic carboxylic acids is 1. The van der Waals surface area contributed by atoms with Crippen molar-refractivity contribution in [3.63, 3.8) is 0 Å². The van der Waals surface area contributed by atoms with Gasteiger partial charge < -0.3 is 5.11 Å². The summed E-state index contributed by atoms with van der Waals surface area (Å²) < 4.78 is 0. The van der Waals surface area contributed by atoms with Crippen LogP contribution in [-0.2, 0) is 11.2 Å². The van der Waals surface area contributed by atoms with Crippen LogP contribution < -0.4 is 0 Å². The van der Waals surface area contributed by atoms with Crippen LogP contribution in [0.25, 0.3) is 0 Å². The van der Waals surface area contributed by atoms with Crippen molar-refractivity contribution >= 4 is 5.97 Å². The van der Waals surface area contributed by atoms with Crippen molar-refractivity contribution < 1.29 is 9.90 Å². The molecule has 20 heavy (non-hydrogen) atoms. The number of carboxylic acid groups (broad SMARTS) is 1. The predicted molar refractivity (Wildman–Crippen MR) is 78.9 cm³/mol. The Morgan fingerprint density at radius 2 is 1.90 bits per heavy atom. The Kier molecular flexibility index (Phi) is 4.51. The van der Waals surface area contributed by atoms with Gasteiger partial charge in [-0.15, -0.1) is 0 Å². The summed E-state index contributed by atoms with van der Waals surface area (Å²) in [5.41, 5.74) is 4.66. The molecule has 0 radical (unpaired) electrons. The number of pyridine rings is 1. The van der Waals surface area contributed by atoms with Crippen LogP contribution in [0.3, 0.4) is 0 Å². The molecule has 1 N–H and O–H groups in total. The smallest absolute Gasteiger partial charge is 0.303 e. The molecule has 0 aliphatic heterocycles. The van der Waals surface area contributed by atoms with E-state index in [0.29, 0.717) is 0 Å². The number of carboxylic acids is 1. The van der Waals surface area contributed by atoms with E-state index in [0.717, 1.165) is 12.0 Å². The molecule has 1 aromatic heterocycles. The monoisotopic (exact) mass is 269 g/mol. The molecule has 0 aliphatic carbocycles. The zero-order valence-electron chi connectivity index (χ0n) is 11.8. The molecule has 104 valence electrons. The lowest BCUT2D eigenvalue weighted by molar-refractivity contribution is -0.137. The van der Waals surface area contributed by atoms with E-state index in [4.69, 9.17) is 5.11 Å². The van der Waals surface area contributed by atoms with Crippen LogP contribution in [0.2, 0.25) is 0 Å². The molecule has 0 bridgehead atoms. The first-order chi connectivity index (χ1) is 9.56. The molecule has 3 nitrogen and oxygen atoms in total. The van der Waals surface area contributed by atoms with Gasteiger partial charge in [0.2, 0.25) is 0 Å². The summed E-state index contributed by atoms with van der Waals surface area (Å²) in [5.74, 6) is -0.784. The fourth-order valence-corrected chi connectivity index (χ4v) is 2.44. The largest absolute Gasteiger partial charge is 0.481 e. The number of benzene rings is 1. The summed E-state index contributed by atoms with van der Waals surface area (Å²) in [7, 11) is 0. The molecule has 3 heteroatoms. The van der Waals surface area contributed by atoms with Crippen LogP contribution in [0.4, 0.5) is 0 Å². The maximum atomic E-state index is 11.1. The van der Waals surface area contributed by atoms with E-state index in [9.17, 15) is 4.79 Å². The lowest BCUT2D eigenvalue weighted by atomic mass is 9.88. The van der Waals surface area contributed by atoms with E-state index in [1.54, 1.807) is 12.4 Å². The quantitative estimate of drug-likeness (QED) is 0.903. The van der Waals surface area contributed by atoms with Crippen LogP contribution in [0.5, 0.6) is 0 Å². The number of aromatic nitrogens is 1. The molecule has 0 saturated carbocycles. The highest BCUT2D eigenvalue weighted by atomic mass is 16.4. The second-order valence-electron chi connectivity index (χ2n) is 5.21. The summed E-state index contributed by atoms with van der Waals surface area (Å²) in [6.07, 6.45) is 4.31. The summed E-state index contributed by atoms with van der Waals surface area (Å²) in [4.78, 5) is 15.1. The highest BCUT2D eigenvalue weighted by Crippen LogP contribution is 2.26. The Labute approximate surface area is 119 Å². The molecular formula is C17H19NO2. The van der Waals surface area contributed by atoms with Gasteiger partial charge in [-0.2, -0.15) is 0 Å². The van der Waals surface area contributed by atoms with Crippen LogP contribution in [-0.4, -0.2) is 16.1 Å². The average Bonchev–Trinajstić information content (AvgIpc) is 2.42. The summed E-state index contributed by atoms with van der Waals surface area (Å²) in [6.45, 7) is 4.13. The van der Waals surface area contributed by atoms with Gasteiger partial charge in [0.25, 0.3) is 0 Å². The van der Waals surface area contributed by atoms with Gasteiger partial charge in [-0.05, 0) is 55.0 Å². The van der Waals surface area contributed by atoms with Crippen LogP contribution in [0, 0.1) is 13.8 Å². The molecular weight excluding hydrogens is 250 g/mol. The van der Waals surface area contributed by atoms with E-state index < -0.39 is 5.97 Å². The van der Waals surface area contributed by atoms with Crippen molar-refractivity contribution in [3.05, 3.63) is 65.0 Å². The molecule has 1 atom stereocenters. The summed E-state index contributed by atoms with van der Waals surface area (Å²) >= 11 is 0. The van der Waals surface area contributed by atoms with Crippen molar-refractivity contribution in [1.29, 1.82) is 0 Å². The molecule has 0 aliphatic rings. The fourth-order valence-electron chi connectivity index (χ4n) is 2.44.